The van der Waals surface area contributed by atoms with Gasteiger partial charge >= 0.3 is 0 Å². The summed E-state index contributed by atoms with van der Waals surface area (Å²) < 4.78 is 11.6. The predicted octanol–water partition coefficient (Wildman–Crippen LogP) is 4.40. The zero-order chi connectivity index (χ0) is 23.1. The molecule has 2 aliphatic heterocycles. The summed E-state index contributed by atoms with van der Waals surface area (Å²) in [4.78, 5) is 30.6. The van der Waals surface area contributed by atoms with Crippen LogP contribution < -0.4 is 9.47 Å². The molecule has 2 aromatic rings. The maximum atomic E-state index is 13.4. The van der Waals surface area contributed by atoms with Crippen molar-refractivity contribution in [3.8, 4) is 11.5 Å². The number of piperidine rings is 2. The fourth-order valence-electron chi connectivity index (χ4n) is 5.02. The number of benzene rings is 2. The van der Waals surface area contributed by atoms with Gasteiger partial charge in [-0.3, -0.25) is 9.59 Å². The van der Waals surface area contributed by atoms with Gasteiger partial charge in [0, 0.05) is 38.0 Å². The molecule has 0 bridgehead atoms. The van der Waals surface area contributed by atoms with Gasteiger partial charge < -0.3 is 19.3 Å². The molecule has 2 saturated heterocycles. The first-order chi connectivity index (χ1) is 16.1. The van der Waals surface area contributed by atoms with Crippen molar-refractivity contribution >= 4 is 11.8 Å². The van der Waals surface area contributed by atoms with Crippen molar-refractivity contribution in [3.05, 3.63) is 60.2 Å². The van der Waals surface area contributed by atoms with Gasteiger partial charge in [-0.05, 0) is 56.4 Å². The third kappa shape index (κ3) is 5.67. The molecule has 0 aliphatic carbocycles. The Kier molecular flexibility index (Phi) is 7.53. The lowest BCUT2D eigenvalue weighted by Crippen LogP contribution is -2.51. The highest BCUT2D eigenvalue weighted by atomic mass is 16.5. The topological polar surface area (TPSA) is 59.1 Å². The van der Waals surface area contributed by atoms with Gasteiger partial charge in [-0.1, -0.05) is 30.3 Å². The van der Waals surface area contributed by atoms with Crippen LogP contribution >= 0.6 is 0 Å². The standard InChI is InChI=1S/C27H34N2O4/c1-32-24-14-7-6-13-23(24)26(31)29-18-10-15-27(20-29,21-33-22-11-4-2-5-12-22)19-25(30)28-16-8-3-9-17-28/h2,4-7,11-14H,3,8-10,15-21H2,1H3. The van der Waals surface area contributed by atoms with Crippen LogP contribution in [0, 0.1) is 5.41 Å². The number of carbonyl (C=O) groups is 2. The number of rotatable bonds is 7. The quantitative estimate of drug-likeness (QED) is 0.627. The predicted molar refractivity (Wildman–Crippen MR) is 128 cm³/mol. The number of carbonyl (C=O) groups excluding carboxylic acids is 2. The lowest BCUT2D eigenvalue weighted by atomic mass is 9.77. The van der Waals surface area contributed by atoms with Crippen molar-refractivity contribution in [2.75, 3.05) is 39.9 Å². The van der Waals surface area contributed by atoms with Crippen LogP contribution in [0.2, 0.25) is 0 Å². The van der Waals surface area contributed by atoms with E-state index >= 15 is 0 Å². The van der Waals surface area contributed by atoms with Crippen LogP contribution in [0.5, 0.6) is 11.5 Å². The van der Waals surface area contributed by atoms with Gasteiger partial charge in [0.05, 0.1) is 19.3 Å². The van der Waals surface area contributed by atoms with Gasteiger partial charge in [-0.15, -0.1) is 0 Å². The van der Waals surface area contributed by atoms with Crippen LogP contribution in [0.15, 0.2) is 54.6 Å². The van der Waals surface area contributed by atoms with Crippen molar-refractivity contribution < 1.29 is 19.1 Å². The smallest absolute Gasteiger partial charge is 0.257 e. The molecule has 33 heavy (non-hydrogen) atoms. The SMILES string of the molecule is COc1ccccc1C(=O)N1CCCC(COc2ccccc2)(CC(=O)N2CCCCC2)C1. The Bertz CT molecular complexity index is 942. The second-order valence-electron chi connectivity index (χ2n) is 9.25. The third-order valence-corrected chi connectivity index (χ3v) is 6.81. The van der Waals surface area contributed by atoms with Crippen LogP contribution in [0.25, 0.3) is 0 Å². The molecule has 6 nitrogen and oxygen atoms in total. The third-order valence-electron chi connectivity index (χ3n) is 6.81. The molecule has 4 rings (SSSR count). The Morgan fingerprint density at radius 3 is 2.33 bits per heavy atom. The fourth-order valence-corrected chi connectivity index (χ4v) is 5.02. The summed E-state index contributed by atoms with van der Waals surface area (Å²) in [5, 5.41) is 0. The first-order valence-corrected chi connectivity index (χ1v) is 12.0. The highest BCUT2D eigenvalue weighted by Gasteiger charge is 2.41. The van der Waals surface area contributed by atoms with Crippen LogP contribution in [-0.4, -0.2) is 61.5 Å². The Morgan fingerprint density at radius 1 is 0.879 bits per heavy atom. The molecule has 1 unspecified atom stereocenters. The van der Waals surface area contributed by atoms with E-state index in [2.05, 4.69) is 0 Å². The molecule has 1 atom stereocenters. The average Bonchev–Trinajstić information content (AvgIpc) is 2.88. The molecule has 6 heteroatoms. The molecule has 2 aromatic carbocycles. The maximum Gasteiger partial charge on any atom is 0.257 e. The van der Waals surface area contributed by atoms with E-state index in [1.807, 2.05) is 58.3 Å². The van der Waals surface area contributed by atoms with Gasteiger partial charge in [-0.2, -0.15) is 0 Å². The van der Waals surface area contributed by atoms with Gasteiger partial charge in [0.1, 0.15) is 11.5 Å². The van der Waals surface area contributed by atoms with E-state index in [1.54, 1.807) is 13.2 Å². The summed E-state index contributed by atoms with van der Waals surface area (Å²) in [5.41, 5.74) is 0.141. The van der Waals surface area contributed by atoms with Crippen LogP contribution in [-0.2, 0) is 4.79 Å². The minimum Gasteiger partial charge on any atom is -0.496 e. The van der Waals surface area contributed by atoms with Gasteiger partial charge in [0.2, 0.25) is 5.91 Å². The molecule has 0 spiro atoms. The summed E-state index contributed by atoms with van der Waals surface area (Å²) in [5.74, 6) is 1.48. The van der Waals surface area contributed by atoms with Gasteiger partial charge in [-0.25, -0.2) is 0 Å². The van der Waals surface area contributed by atoms with Crippen LogP contribution in [0.3, 0.4) is 0 Å². The van der Waals surface area contributed by atoms with Crippen LogP contribution in [0.1, 0.15) is 48.9 Å². The lowest BCUT2D eigenvalue weighted by molar-refractivity contribution is -0.136. The summed E-state index contributed by atoms with van der Waals surface area (Å²) in [6.45, 7) is 3.24. The molecule has 2 amide bonds. The number of amides is 2. The summed E-state index contributed by atoms with van der Waals surface area (Å²) in [7, 11) is 1.58. The minimum absolute atomic E-state index is 0.0540. The molecule has 0 N–H and O–H groups in total. The summed E-state index contributed by atoms with van der Waals surface area (Å²) >= 11 is 0. The zero-order valence-electron chi connectivity index (χ0n) is 19.5. The molecule has 0 saturated carbocycles. The van der Waals surface area contributed by atoms with E-state index in [1.165, 1.54) is 6.42 Å². The number of methoxy groups -OCH3 is 1. The Balaban J connectivity index is 1.54. The number of para-hydroxylation sites is 2. The monoisotopic (exact) mass is 450 g/mol. The molecular formula is C27H34N2O4. The molecule has 0 radical (unpaired) electrons. The number of likely N-dealkylation sites (tertiary alicyclic amines) is 2. The van der Waals surface area contributed by atoms with E-state index in [-0.39, 0.29) is 11.8 Å². The number of ether oxygens (including phenoxy) is 2. The van der Waals surface area contributed by atoms with E-state index in [9.17, 15) is 9.59 Å². The summed E-state index contributed by atoms with van der Waals surface area (Å²) in [6, 6.07) is 17.0. The average molecular weight is 451 g/mol. The zero-order valence-corrected chi connectivity index (χ0v) is 19.5. The first-order valence-electron chi connectivity index (χ1n) is 12.0. The number of hydrogen-bond donors (Lipinski definition) is 0. The van der Waals surface area contributed by atoms with Crippen molar-refractivity contribution in [1.82, 2.24) is 9.80 Å². The molecule has 2 aliphatic rings. The largest absolute Gasteiger partial charge is 0.496 e. The van der Waals surface area contributed by atoms with Crippen LogP contribution in [0.4, 0.5) is 0 Å². The van der Waals surface area contributed by atoms with E-state index < -0.39 is 5.41 Å². The van der Waals surface area contributed by atoms with E-state index in [0.29, 0.717) is 37.4 Å². The normalized spacial score (nSPS) is 20.9. The highest BCUT2D eigenvalue weighted by Crippen LogP contribution is 2.36. The number of nitrogens with zero attached hydrogens (tertiary/aromatic N) is 2. The molecule has 176 valence electrons. The Hall–Kier alpha value is -3.02. The van der Waals surface area contributed by atoms with Crippen molar-refractivity contribution in [1.29, 1.82) is 0 Å². The second kappa shape index (κ2) is 10.7. The molecule has 0 aromatic heterocycles. The van der Waals surface area contributed by atoms with Gasteiger partial charge in [0.15, 0.2) is 0 Å². The van der Waals surface area contributed by atoms with Crippen molar-refractivity contribution in [3.63, 3.8) is 0 Å². The Labute approximate surface area is 196 Å². The van der Waals surface area contributed by atoms with E-state index in [4.69, 9.17) is 9.47 Å². The minimum atomic E-state index is -0.416. The summed E-state index contributed by atoms with van der Waals surface area (Å²) in [6.07, 6.45) is 5.42. The maximum absolute atomic E-state index is 13.4. The first kappa shape index (κ1) is 23.1. The molecule has 2 heterocycles. The number of hydrogen-bond acceptors (Lipinski definition) is 4. The fraction of sp³-hybridized carbons (Fsp3) is 0.481. The van der Waals surface area contributed by atoms with Gasteiger partial charge in [0.25, 0.3) is 5.91 Å². The van der Waals surface area contributed by atoms with E-state index in [0.717, 1.165) is 44.5 Å². The van der Waals surface area contributed by atoms with Crippen molar-refractivity contribution in [2.45, 2.75) is 38.5 Å². The highest BCUT2D eigenvalue weighted by molar-refractivity contribution is 5.97. The van der Waals surface area contributed by atoms with Crippen molar-refractivity contribution in [2.24, 2.45) is 5.41 Å². The molecular weight excluding hydrogens is 416 g/mol. The lowest BCUT2D eigenvalue weighted by Gasteiger charge is -2.43. The Morgan fingerprint density at radius 2 is 1.58 bits per heavy atom. The second-order valence-corrected chi connectivity index (χ2v) is 9.25. The molecule has 2 fully saturated rings.